The molecule has 0 aliphatic carbocycles. The molecule has 3 nitrogen and oxygen atoms in total. The largest absolute Gasteiger partial charge is 0.470 e. The number of ether oxygens (including phenoxy) is 1. The van der Waals surface area contributed by atoms with Crippen molar-refractivity contribution < 1.29 is 23.0 Å². The maximum absolute atomic E-state index is 13.1. The summed E-state index contributed by atoms with van der Waals surface area (Å²) in [5.74, 6) is -1.42. The van der Waals surface area contributed by atoms with E-state index in [0.29, 0.717) is 0 Å². The predicted octanol–water partition coefficient (Wildman–Crippen LogP) is 1.36. The van der Waals surface area contributed by atoms with E-state index >= 15 is 0 Å². The number of alkyl halides is 2. The molecular formula is C8H8F3NO2. The summed E-state index contributed by atoms with van der Waals surface area (Å²) in [4.78, 5) is 3.42. The van der Waals surface area contributed by atoms with Crippen LogP contribution in [0.5, 0.6) is 5.88 Å². The summed E-state index contributed by atoms with van der Waals surface area (Å²) in [6.07, 6.45) is -1.51. The molecule has 0 radical (unpaired) electrons. The second-order valence-electron chi connectivity index (χ2n) is 2.45. The van der Waals surface area contributed by atoms with E-state index in [-0.39, 0.29) is 5.56 Å². The highest BCUT2D eigenvalue weighted by Crippen LogP contribution is 2.17. The Balaban J connectivity index is 2.76. The Morgan fingerprint density at radius 3 is 2.79 bits per heavy atom. The molecule has 0 saturated carbocycles. The second kappa shape index (κ2) is 4.80. The Morgan fingerprint density at radius 1 is 1.50 bits per heavy atom. The lowest BCUT2D eigenvalue weighted by Crippen LogP contribution is -2.10. The van der Waals surface area contributed by atoms with E-state index in [9.17, 15) is 13.2 Å². The van der Waals surface area contributed by atoms with Crippen LogP contribution >= 0.6 is 0 Å². The molecule has 0 spiro atoms. The molecule has 1 aromatic rings. The number of aliphatic hydroxyl groups excluding tert-OH is 1. The Hall–Kier alpha value is -1.30. The van der Waals surface area contributed by atoms with Crippen molar-refractivity contribution >= 4 is 0 Å². The summed E-state index contributed by atoms with van der Waals surface area (Å²) in [6.45, 7) is -1.45. The lowest BCUT2D eigenvalue weighted by molar-refractivity contribution is 0.0771. The third kappa shape index (κ3) is 2.59. The molecule has 6 heteroatoms. The second-order valence-corrected chi connectivity index (χ2v) is 2.45. The molecule has 0 atom stereocenters. The minimum Gasteiger partial charge on any atom is -0.470 e. The van der Waals surface area contributed by atoms with Gasteiger partial charge in [0, 0.05) is 11.8 Å². The summed E-state index contributed by atoms with van der Waals surface area (Å²) in [5, 5.41) is 8.65. The van der Waals surface area contributed by atoms with Gasteiger partial charge in [-0.1, -0.05) is 0 Å². The number of nitrogens with zero attached hydrogens (tertiary/aromatic N) is 1. The van der Waals surface area contributed by atoms with Crippen molar-refractivity contribution in [3.8, 4) is 5.88 Å². The topological polar surface area (TPSA) is 42.4 Å². The molecule has 1 rings (SSSR count). The van der Waals surface area contributed by atoms with E-state index in [1.54, 1.807) is 0 Å². The highest BCUT2D eigenvalue weighted by atomic mass is 19.3. The molecule has 0 aliphatic rings. The molecule has 1 aromatic heterocycles. The van der Waals surface area contributed by atoms with Gasteiger partial charge in [0.25, 0.3) is 12.3 Å². The van der Waals surface area contributed by atoms with Crippen molar-refractivity contribution in [1.29, 1.82) is 0 Å². The summed E-state index contributed by atoms with van der Waals surface area (Å²) in [7, 11) is 0. The number of pyridine rings is 1. The quantitative estimate of drug-likeness (QED) is 0.810. The lowest BCUT2D eigenvalue weighted by atomic mass is 10.3. The highest BCUT2D eigenvalue weighted by Gasteiger charge is 2.12. The van der Waals surface area contributed by atoms with E-state index < -0.39 is 31.3 Å². The molecular weight excluding hydrogens is 199 g/mol. The van der Waals surface area contributed by atoms with Gasteiger partial charge in [-0.15, -0.1) is 0 Å². The molecule has 14 heavy (non-hydrogen) atoms. The van der Waals surface area contributed by atoms with Crippen LogP contribution in [0.1, 0.15) is 5.56 Å². The average molecular weight is 207 g/mol. The molecule has 1 N–H and O–H groups in total. The summed E-state index contributed by atoms with van der Waals surface area (Å²) >= 11 is 0. The number of hydrogen-bond acceptors (Lipinski definition) is 3. The van der Waals surface area contributed by atoms with Crippen molar-refractivity contribution in [3.05, 3.63) is 23.6 Å². The summed E-state index contributed by atoms with van der Waals surface area (Å²) in [5.41, 5.74) is -0.0377. The fourth-order valence-electron chi connectivity index (χ4n) is 0.827. The molecule has 0 amide bonds. The van der Waals surface area contributed by atoms with Crippen molar-refractivity contribution in [2.75, 3.05) is 6.61 Å². The van der Waals surface area contributed by atoms with Crippen LogP contribution in [0.25, 0.3) is 0 Å². The number of halogens is 3. The van der Waals surface area contributed by atoms with Crippen LogP contribution in [0, 0.1) is 5.82 Å². The molecule has 0 saturated heterocycles. The van der Waals surface area contributed by atoms with Crippen molar-refractivity contribution in [1.82, 2.24) is 4.98 Å². The zero-order valence-electron chi connectivity index (χ0n) is 7.08. The first-order valence-electron chi connectivity index (χ1n) is 3.80. The van der Waals surface area contributed by atoms with E-state index in [0.717, 1.165) is 0 Å². The first-order valence-corrected chi connectivity index (χ1v) is 3.80. The Labute approximate surface area is 78.2 Å². The maximum atomic E-state index is 13.1. The predicted molar refractivity (Wildman–Crippen MR) is 41.6 cm³/mol. The molecule has 0 bridgehead atoms. The Kier molecular flexibility index (Phi) is 3.70. The van der Waals surface area contributed by atoms with E-state index in [1.807, 2.05) is 0 Å². The standard InChI is InChI=1S/C8H8F3NO2/c9-6(10)4-14-8-7(11)5(3-13)1-2-12-8/h1-2,6,13H,3-4H2. The van der Waals surface area contributed by atoms with Gasteiger partial charge in [0.1, 0.15) is 0 Å². The van der Waals surface area contributed by atoms with Gasteiger partial charge in [-0.05, 0) is 6.07 Å². The molecule has 1 heterocycles. The fourth-order valence-corrected chi connectivity index (χ4v) is 0.827. The van der Waals surface area contributed by atoms with Crippen LogP contribution < -0.4 is 4.74 Å². The highest BCUT2D eigenvalue weighted by molar-refractivity contribution is 5.22. The first-order chi connectivity index (χ1) is 6.65. The van der Waals surface area contributed by atoms with Crippen molar-refractivity contribution in [2.24, 2.45) is 0 Å². The SMILES string of the molecule is OCc1ccnc(OCC(F)F)c1F. The van der Waals surface area contributed by atoms with Crippen LogP contribution in [0.15, 0.2) is 12.3 Å². The third-order valence-electron chi connectivity index (χ3n) is 1.45. The summed E-state index contributed by atoms with van der Waals surface area (Å²) < 4.78 is 40.9. The molecule has 78 valence electrons. The molecule has 0 aromatic carbocycles. The Morgan fingerprint density at radius 2 is 2.21 bits per heavy atom. The van der Waals surface area contributed by atoms with Crippen LogP contribution in [0.3, 0.4) is 0 Å². The number of aliphatic hydroxyl groups is 1. The number of rotatable bonds is 4. The fraction of sp³-hybridized carbons (Fsp3) is 0.375. The molecule has 0 fully saturated rings. The van der Waals surface area contributed by atoms with Crippen LogP contribution in [0.2, 0.25) is 0 Å². The first kappa shape index (κ1) is 10.8. The van der Waals surface area contributed by atoms with Gasteiger partial charge >= 0.3 is 0 Å². The lowest BCUT2D eigenvalue weighted by Gasteiger charge is -2.06. The monoisotopic (exact) mass is 207 g/mol. The normalized spacial score (nSPS) is 10.6. The van der Waals surface area contributed by atoms with Gasteiger partial charge in [0.2, 0.25) is 0 Å². The van der Waals surface area contributed by atoms with Crippen LogP contribution in [-0.4, -0.2) is 23.1 Å². The van der Waals surface area contributed by atoms with Crippen LogP contribution in [-0.2, 0) is 6.61 Å². The zero-order valence-corrected chi connectivity index (χ0v) is 7.08. The van der Waals surface area contributed by atoms with Gasteiger partial charge in [-0.2, -0.15) is 0 Å². The number of hydrogen-bond donors (Lipinski definition) is 1. The minimum absolute atomic E-state index is 0.0377. The van der Waals surface area contributed by atoms with Gasteiger partial charge in [0.05, 0.1) is 6.61 Å². The zero-order chi connectivity index (χ0) is 10.6. The van der Waals surface area contributed by atoms with Gasteiger partial charge in [0.15, 0.2) is 12.4 Å². The maximum Gasteiger partial charge on any atom is 0.272 e. The van der Waals surface area contributed by atoms with Gasteiger partial charge in [-0.25, -0.2) is 18.2 Å². The van der Waals surface area contributed by atoms with Crippen LogP contribution in [0.4, 0.5) is 13.2 Å². The van der Waals surface area contributed by atoms with Gasteiger partial charge in [-0.3, -0.25) is 0 Å². The summed E-state index contributed by atoms with van der Waals surface area (Å²) in [6, 6.07) is 1.24. The third-order valence-corrected chi connectivity index (χ3v) is 1.45. The number of aromatic nitrogens is 1. The minimum atomic E-state index is -2.69. The van der Waals surface area contributed by atoms with E-state index in [4.69, 9.17) is 5.11 Å². The van der Waals surface area contributed by atoms with Crippen molar-refractivity contribution in [2.45, 2.75) is 13.0 Å². The van der Waals surface area contributed by atoms with E-state index in [1.165, 1.54) is 12.3 Å². The molecule has 0 unspecified atom stereocenters. The molecule has 0 aliphatic heterocycles. The Bertz CT molecular complexity index is 307. The average Bonchev–Trinajstić information content (AvgIpc) is 2.16. The van der Waals surface area contributed by atoms with E-state index in [2.05, 4.69) is 9.72 Å². The van der Waals surface area contributed by atoms with Gasteiger partial charge < -0.3 is 9.84 Å². The smallest absolute Gasteiger partial charge is 0.272 e. The van der Waals surface area contributed by atoms with Crippen molar-refractivity contribution in [3.63, 3.8) is 0 Å².